The summed E-state index contributed by atoms with van der Waals surface area (Å²) < 4.78 is 166. The van der Waals surface area contributed by atoms with E-state index in [0.717, 1.165) is 34.0 Å². The Hall–Kier alpha value is -2.98. The Morgan fingerprint density at radius 1 is 0.404 bits per heavy atom. The summed E-state index contributed by atoms with van der Waals surface area (Å²) in [7, 11) is 0. The molecule has 0 nitrogen and oxygen atoms in total. The van der Waals surface area contributed by atoms with Crippen LogP contribution in [0.1, 0.15) is 43.1 Å². The van der Waals surface area contributed by atoms with Crippen molar-refractivity contribution in [1.82, 2.24) is 0 Å². The SMILES string of the molecule is FC(F)(F)c1cc(/C(c2ccc(Cl)s2)=c2\cc/c(=C(/c3cc(C(F)(F)F)cc(C(F)(F)F)c3)c3ccc(Cl)s3)s2)cc(C(F)(F)F)c1. The van der Waals surface area contributed by atoms with Crippen LogP contribution in [0.3, 0.4) is 0 Å². The fraction of sp³-hybridized carbons (Fsp3) is 0.133. The second-order valence-corrected chi connectivity index (χ2v) is 14.2. The molecule has 0 aliphatic carbocycles. The van der Waals surface area contributed by atoms with Gasteiger partial charge in [-0.1, -0.05) is 23.2 Å². The maximum absolute atomic E-state index is 13.8. The Balaban J connectivity index is 1.92. The van der Waals surface area contributed by atoms with Crippen molar-refractivity contribution in [2.45, 2.75) is 24.7 Å². The predicted octanol–water partition coefficient (Wildman–Crippen LogP) is 11.7. The lowest BCUT2D eigenvalue weighted by molar-refractivity contribution is -0.144. The van der Waals surface area contributed by atoms with Crippen LogP contribution in [0, 0.1) is 0 Å². The van der Waals surface area contributed by atoms with Gasteiger partial charge in [-0.2, -0.15) is 52.7 Å². The first-order valence-electron chi connectivity index (χ1n) is 12.6. The lowest BCUT2D eigenvalue weighted by Crippen LogP contribution is -2.13. The van der Waals surface area contributed by atoms with Gasteiger partial charge in [0.15, 0.2) is 0 Å². The molecule has 5 aromatic rings. The maximum atomic E-state index is 13.8. The van der Waals surface area contributed by atoms with Gasteiger partial charge in [0, 0.05) is 30.0 Å². The third-order valence-electron chi connectivity index (χ3n) is 6.49. The molecular formula is C30H12Cl2F12S3. The van der Waals surface area contributed by atoms with E-state index < -0.39 is 58.1 Å². The highest BCUT2D eigenvalue weighted by Gasteiger charge is 2.39. The maximum Gasteiger partial charge on any atom is 0.416 e. The molecule has 0 saturated heterocycles. The standard InChI is InChI=1S/C30H12Cl2F12S3/c31-23-5-3-21(46-23)25(13-7-15(27(33,34)35)11-16(8-13)28(36,37)38)19-1-2-20(45-19)26(22-4-6-24(32)47-22)14-9-17(29(39,40)41)12-18(10-14)30(42,43)44/h1-12H/b25-19-,26-20+. The van der Waals surface area contributed by atoms with E-state index in [4.69, 9.17) is 23.2 Å². The van der Waals surface area contributed by atoms with Gasteiger partial charge in [-0.15, -0.1) is 34.0 Å². The number of hydrogen-bond donors (Lipinski definition) is 0. The van der Waals surface area contributed by atoms with Crippen LogP contribution in [-0.2, 0) is 24.7 Å². The first kappa shape index (κ1) is 35.3. The highest BCUT2D eigenvalue weighted by atomic mass is 35.5. The number of rotatable bonds is 4. The van der Waals surface area contributed by atoms with Gasteiger partial charge >= 0.3 is 24.7 Å². The third kappa shape index (κ3) is 7.85. The average Bonchev–Trinajstić information content (AvgIpc) is 3.69. The van der Waals surface area contributed by atoms with Crippen molar-refractivity contribution in [3.8, 4) is 0 Å². The van der Waals surface area contributed by atoms with Crippen LogP contribution < -0.4 is 9.06 Å². The van der Waals surface area contributed by atoms with Crippen molar-refractivity contribution in [2.75, 3.05) is 0 Å². The summed E-state index contributed by atoms with van der Waals surface area (Å²) in [6.07, 6.45) is -20.7. The summed E-state index contributed by atoms with van der Waals surface area (Å²) in [6, 6.07) is 10.0. The van der Waals surface area contributed by atoms with Gasteiger partial charge in [-0.05, 0) is 83.9 Å². The van der Waals surface area contributed by atoms with Crippen molar-refractivity contribution >= 4 is 68.4 Å². The highest BCUT2D eigenvalue weighted by molar-refractivity contribution is 7.18. The Kier molecular flexibility index (Phi) is 9.38. The predicted molar refractivity (Wildman–Crippen MR) is 158 cm³/mol. The number of hydrogen-bond acceptors (Lipinski definition) is 3. The monoisotopic (exact) mass is 766 g/mol. The lowest BCUT2D eigenvalue weighted by Gasteiger charge is -2.15. The zero-order chi connectivity index (χ0) is 34.7. The molecule has 0 N–H and O–H groups in total. The van der Waals surface area contributed by atoms with Gasteiger partial charge in [-0.3, -0.25) is 0 Å². The Bertz CT molecular complexity index is 1860. The summed E-state index contributed by atoms with van der Waals surface area (Å²) in [5.74, 6) is 0. The van der Waals surface area contributed by atoms with Crippen molar-refractivity contribution < 1.29 is 52.7 Å². The van der Waals surface area contributed by atoms with E-state index in [1.54, 1.807) is 0 Å². The Morgan fingerprint density at radius 2 is 0.702 bits per heavy atom. The molecule has 5 rings (SSSR count). The summed E-state index contributed by atoms with van der Waals surface area (Å²) in [5, 5.41) is 0. The van der Waals surface area contributed by atoms with Crippen molar-refractivity contribution in [2.24, 2.45) is 0 Å². The second kappa shape index (κ2) is 12.5. The minimum absolute atomic E-state index is 0.0410. The highest BCUT2D eigenvalue weighted by Crippen LogP contribution is 2.41. The molecule has 3 aromatic heterocycles. The topological polar surface area (TPSA) is 0 Å². The minimum atomic E-state index is -5.17. The van der Waals surface area contributed by atoms with Crippen LogP contribution in [0.15, 0.2) is 72.8 Å². The number of alkyl halides is 12. The zero-order valence-corrected chi connectivity index (χ0v) is 26.4. The largest absolute Gasteiger partial charge is 0.416 e. The van der Waals surface area contributed by atoms with Crippen LogP contribution in [0.4, 0.5) is 52.7 Å². The zero-order valence-electron chi connectivity index (χ0n) is 22.4. The van der Waals surface area contributed by atoms with Gasteiger partial charge in [0.25, 0.3) is 0 Å². The van der Waals surface area contributed by atoms with Gasteiger partial charge in [0.05, 0.1) is 30.9 Å². The lowest BCUT2D eigenvalue weighted by atomic mass is 9.98. The molecule has 0 fully saturated rings. The van der Waals surface area contributed by atoms with Crippen molar-refractivity contribution in [3.05, 3.63) is 134 Å². The third-order valence-corrected chi connectivity index (χ3v) is 10.1. The van der Waals surface area contributed by atoms with Gasteiger partial charge < -0.3 is 0 Å². The molecule has 0 bridgehead atoms. The van der Waals surface area contributed by atoms with E-state index in [1.807, 2.05) is 0 Å². The van der Waals surface area contributed by atoms with Crippen LogP contribution in [0.25, 0.3) is 11.1 Å². The van der Waals surface area contributed by atoms with Crippen LogP contribution >= 0.6 is 57.2 Å². The molecule has 0 aliphatic heterocycles. The summed E-state index contributed by atoms with van der Waals surface area (Å²) >= 11 is 14.5. The summed E-state index contributed by atoms with van der Waals surface area (Å²) in [6.45, 7) is 0. The van der Waals surface area contributed by atoms with Crippen LogP contribution in [0.5, 0.6) is 0 Å². The van der Waals surface area contributed by atoms with E-state index in [0.29, 0.717) is 24.3 Å². The van der Waals surface area contributed by atoms with Gasteiger partial charge in [0.2, 0.25) is 0 Å². The number of thiophene rings is 3. The molecule has 0 unspecified atom stereocenters. The summed E-state index contributed by atoms with van der Waals surface area (Å²) in [5.41, 5.74) is -7.63. The first-order valence-corrected chi connectivity index (χ1v) is 15.8. The van der Waals surface area contributed by atoms with Crippen molar-refractivity contribution in [1.29, 1.82) is 0 Å². The van der Waals surface area contributed by atoms with E-state index in [1.165, 1.54) is 36.4 Å². The van der Waals surface area contributed by atoms with Crippen molar-refractivity contribution in [3.63, 3.8) is 0 Å². The molecule has 0 radical (unpaired) electrons. The van der Waals surface area contributed by atoms with Crippen LogP contribution in [0.2, 0.25) is 8.67 Å². The fourth-order valence-electron chi connectivity index (χ4n) is 4.51. The first-order chi connectivity index (χ1) is 21.6. The fourth-order valence-corrected chi connectivity index (χ4v) is 8.06. The van der Waals surface area contributed by atoms with Gasteiger partial charge in [0.1, 0.15) is 0 Å². The molecule has 248 valence electrons. The molecule has 0 atom stereocenters. The normalized spacial score (nSPS) is 14.4. The van der Waals surface area contributed by atoms with E-state index in [2.05, 4.69) is 0 Å². The van der Waals surface area contributed by atoms with Crippen LogP contribution in [-0.4, -0.2) is 0 Å². The molecule has 2 aromatic carbocycles. The molecule has 47 heavy (non-hydrogen) atoms. The number of benzene rings is 2. The molecule has 0 amide bonds. The number of halogens is 14. The average molecular weight is 768 g/mol. The second-order valence-electron chi connectivity index (χ2n) is 9.71. The smallest absolute Gasteiger partial charge is 0.166 e. The molecular weight excluding hydrogens is 755 g/mol. The van der Waals surface area contributed by atoms with E-state index >= 15 is 0 Å². The van der Waals surface area contributed by atoms with E-state index in [-0.39, 0.29) is 50.8 Å². The molecule has 17 heteroatoms. The molecule has 0 spiro atoms. The summed E-state index contributed by atoms with van der Waals surface area (Å²) in [4.78, 5) is 0.296. The molecule has 0 aliphatic rings. The molecule has 3 heterocycles. The van der Waals surface area contributed by atoms with E-state index in [9.17, 15) is 52.7 Å². The molecule has 0 saturated carbocycles. The minimum Gasteiger partial charge on any atom is -0.166 e. The quantitative estimate of drug-likeness (QED) is 0.160. The Morgan fingerprint density at radius 3 is 0.936 bits per heavy atom. The van der Waals surface area contributed by atoms with Gasteiger partial charge in [-0.25, -0.2) is 0 Å². The Labute approximate surface area is 278 Å².